The molecule has 0 heterocycles. The molecule has 0 bridgehead atoms. The molecule has 84 valence electrons. The molecule has 1 aliphatic carbocycles. The van der Waals surface area contributed by atoms with Crippen LogP contribution in [-0.2, 0) is 0 Å². The summed E-state index contributed by atoms with van der Waals surface area (Å²) >= 11 is 0. The summed E-state index contributed by atoms with van der Waals surface area (Å²) in [6.07, 6.45) is 8.55. The molecule has 0 aliphatic heterocycles. The maximum atomic E-state index is 3.64. The lowest BCUT2D eigenvalue weighted by Gasteiger charge is -2.28. The van der Waals surface area contributed by atoms with E-state index < -0.39 is 0 Å². The van der Waals surface area contributed by atoms with Crippen molar-refractivity contribution in [3.05, 3.63) is 0 Å². The van der Waals surface area contributed by atoms with Crippen molar-refractivity contribution in [1.29, 1.82) is 0 Å². The Kier molecular flexibility index (Phi) is 5.54. The fraction of sp³-hybridized carbons (Fsp3) is 1.00. The van der Waals surface area contributed by atoms with Crippen LogP contribution in [0.2, 0.25) is 0 Å². The van der Waals surface area contributed by atoms with E-state index >= 15 is 0 Å². The molecule has 1 fully saturated rings. The lowest BCUT2D eigenvalue weighted by Crippen LogP contribution is -2.31. The minimum Gasteiger partial charge on any atom is -0.314 e. The van der Waals surface area contributed by atoms with E-state index in [4.69, 9.17) is 0 Å². The Hall–Kier alpha value is -0.0400. The van der Waals surface area contributed by atoms with Crippen molar-refractivity contribution in [2.24, 2.45) is 11.8 Å². The first kappa shape index (κ1) is 12.0. The molecule has 0 aromatic heterocycles. The summed E-state index contributed by atoms with van der Waals surface area (Å²) in [6.45, 7) is 8.16. The third kappa shape index (κ3) is 4.99. The normalized spacial score (nSPS) is 19.7. The van der Waals surface area contributed by atoms with Crippen LogP contribution in [0.5, 0.6) is 0 Å². The predicted octanol–water partition coefficient (Wildman–Crippen LogP) is 3.59. The van der Waals surface area contributed by atoms with Crippen LogP contribution in [0.1, 0.15) is 59.3 Å². The Labute approximate surface area is 89.7 Å². The summed E-state index contributed by atoms with van der Waals surface area (Å²) in [5, 5.41) is 3.64. The summed E-state index contributed by atoms with van der Waals surface area (Å²) in [5.41, 5.74) is 0. The van der Waals surface area contributed by atoms with Gasteiger partial charge in [-0.25, -0.2) is 0 Å². The second-order valence-electron chi connectivity index (χ2n) is 5.42. The SMILES string of the molecule is CC(C)CCCNC(C)CC1CCC1. The number of nitrogens with one attached hydrogen (secondary N) is 1. The monoisotopic (exact) mass is 197 g/mol. The number of rotatable bonds is 7. The van der Waals surface area contributed by atoms with Crippen molar-refractivity contribution in [1.82, 2.24) is 5.32 Å². The average molecular weight is 197 g/mol. The van der Waals surface area contributed by atoms with Crippen molar-refractivity contribution in [2.45, 2.75) is 65.3 Å². The predicted molar refractivity (Wildman–Crippen MR) is 63.5 cm³/mol. The third-order valence-electron chi connectivity index (χ3n) is 3.36. The van der Waals surface area contributed by atoms with Gasteiger partial charge < -0.3 is 5.32 Å². The van der Waals surface area contributed by atoms with E-state index in [-0.39, 0.29) is 0 Å². The molecule has 0 amide bonds. The van der Waals surface area contributed by atoms with Crippen molar-refractivity contribution in [3.63, 3.8) is 0 Å². The minimum absolute atomic E-state index is 0.743. The number of hydrogen-bond acceptors (Lipinski definition) is 1. The first-order valence-electron chi connectivity index (χ1n) is 6.42. The maximum absolute atomic E-state index is 3.64. The van der Waals surface area contributed by atoms with Crippen LogP contribution in [0.3, 0.4) is 0 Å². The highest BCUT2D eigenvalue weighted by Gasteiger charge is 2.19. The summed E-state index contributed by atoms with van der Waals surface area (Å²) < 4.78 is 0. The molecule has 1 heteroatoms. The highest BCUT2D eigenvalue weighted by Crippen LogP contribution is 2.30. The zero-order chi connectivity index (χ0) is 10.4. The summed E-state index contributed by atoms with van der Waals surface area (Å²) in [5.74, 6) is 1.90. The van der Waals surface area contributed by atoms with Gasteiger partial charge in [0.25, 0.3) is 0 Å². The minimum atomic E-state index is 0.743. The zero-order valence-corrected chi connectivity index (χ0v) is 10.2. The lowest BCUT2D eigenvalue weighted by atomic mass is 9.81. The first-order chi connectivity index (χ1) is 6.68. The van der Waals surface area contributed by atoms with Crippen LogP contribution in [0.15, 0.2) is 0 Å². The molecule has 0 aromatic carbocycles. The molecule has 14 heavy (non-hydrogen) atoms. The van der Waals surface area contributed by atoms with Gasteiger partial charge in [0.1, 0.15) is 0 Å². The molecule has 0 aromatic rings. The molecular formula is C13H27N. The Balaban J connectivity index is 1.89. The average Bonchev–Trinajstić information content (AvgIpc) is 2.05. The second kappa shape index (κ2) is 6.44. The molecule has 0 radical (unpaired) electrons. The largest absolute Gasteiger partial charge is 0.314 e. The molecule has 1 aliphatic rings. The van der Waals surface area contributed by atoms with Crippen LogP contribution >= 0.6 is 0 Å². The van der Waals surface area contributed by atoms with Gasteiger partial charge in [0, 0.05) is 6.04 Å². The molecule has 1 N–H and O–H groups in total. The summed E-state index contributed by atoms with van der Waals surface area (Å²) in [7, 11) is 0. The highest BCUT2D eigenvalue weighted by molar-refractivity contribution is 4.74. The molecule has 1 saturated carbocycles. The van der Waals surface area contributed by atoms with Gasteiger partial charge in [-0.1, -0.05) is 33.1 Å². The molecule has 1 nitrogen and oxygen atoms in total. The van der Waals surface area contributed by atoms with Gasteiger partial charge in [0.05, 0.1) is 0 Å². The number of hydrogen-bond donors (Lipinski definition) is 1. The van der Waals surface area contributed by atoms with E-state index in [1.54, 1.807) is 0 Å². The zero-order valence-electron chi connectivity index (χ0n) is 10.2. The molecule has 0 spiro atoms. The third-order valence-corrected chi connectivity index (χ3v) is 3.36. The van der Waals surface area contributed by atoms with E-state index in [0.717, 1.165) is 17.9 Å². The molecule has 1 atom stereocenters. The molecule has 1 rings (SSSR count). The van der Waals surface area contributed by atoms with Gasteiger partial charge in [-0.15, -0.1) is 0 Å². The maximum Gasteiger partial charge on any atom is 0.00413 e. The van der Waals surface area contributed by atoms with Crippen LogP contribution in [0, 0.1) is 11.8 Å². The summed E-state index contributed by atoms with van der Waals surface area (Å²) in [6, 6.07) is 0.743. The fourth-order valence-corrected chi connectivity index (χ4v) is 2.17. The van der Waals surface area contributed by atoms with Crippen LogP contribution in [-0.4, -0.2) is 12.6 Å². The Morgan fingerprint density at radius 2 is 1.93 bits per heavy atom. The first-order valence-corrected chi connectivity index (χ1v) is 6.42. The van der Waals surface area contributed by atoms with Gasteiger partial charge in [0.2, 0.25) is 0 Å². The van der Waals surface area contributed by atoms with Gasteiger partial charge in [-0.2, -0.15) is 0 Å². The Morgan fingerprint density at radius 1 is 1.21 bits per heavy atom. The Morgan fingerprint density at radius 3 is 2.43 bits per heavy atom. The fourth-order valence-electron chi connectivity index (χ4n) is 2.17. The van der Waals surface area contributed by atoms with Crippen molar-refractivity contribution in [3.8, 4) is 0 Å². The van der Waals surface area contributed by atoms with Gasteiger partial charge in [-0.3, -0.25) is 0 Å². The molecule has 0 saturated heterocycles. The smallest absolute Gasteiger partial charge is 0.00413 e. The topological polar surface area (TPSA) is 12.0 Å². The van der Waals surface area contributed by atoms with Crippen LogP contribution < -0.4 is 5.32 Å². The van der Waals surface area contributed by atoms with Crippen molar-refractivity contribution >= 4 is 0 Å². The van der Waals surface area contributed by atoms with E-state index in [1.165, 1.54) is 45.1 Å². The van der Waals surface area contributed by atoms with E-state index in [9.17, 15) is 0 Å². The second-order valence-corrected chi connectivity index (χ2v) is 5.42. The van der Waals surface area contributed by atoms with E-state index in [0.29, 0.717) is 0 Å². The van der Waals surface area contributed by atoms with Crippen molar-refractivity contribution < 1.29 is 0 Å². The molecule has 1 unspecified atom stereocenters. The highest BCUT2D eigenvalue weighted by atomic mass is 14.9. The van der Waals surface area contributed by atoms with Crippen molar-refractivity contribution in [2.75, 3.05) is 6.54 Å². The van der Waals surface area contributed by atoms with E-state index in [2.05, 4.69) is 26.1 Å². The van der Waals surface area contributed by atoms with Crippen LogP contribution in [0.4, 0.5) is 0 Å². The standard InChI is InChI=1S/C13H27N/c1-11(2)6-5-9-14-12(3)10-13-7-4-8-13/h11-14H,4-10H2,1-3H3. The van der Waals surface area contributed by atoms with Crippen LogP contribution in [0.25, 0.3) is 0 Å². The van der Waals surface area contributed by atoms with Gasteiger partial charge in [-0.05, 0) is 44.6 Å². The van der Waals surface area contributed by atoms with Gasteiger partial charge in [0.15, 0.2) is 0 Å². The summed E-state index contributed by atoms with van der Waals surface area (Å²) in [4.78, 5) is 0. The lowest BCUT2D eigenvalue weighted by molar-refractivity contribution is 0.265. The molecular weight excluding hydrogens is 170 g/mol. The van der Waals surface area contributed by atoms with Gasteiger partial charge >= 0.3 is 0 Å². The quantitative estimate of drug-likeness (QED) is 0.615. The Bertz CT molecular complexity index is 138. The van der Waals surface area contributed by atoms with E-state index in [1.807, 2.05) is 0 Å².